The van der Waals surface area contributed by atoms with Gasteiger partial charge in [0.2, 0.25) is 0 Å². The SMILES string of the molecule is O=[N+]([O-])c1ccc(-c2cc3c(NCc4ccccc4)ncnc3s2)cc1. The van der Waals surface area contributed by atoms with Crippen LogP contribution in [0.1, 0.15) is 5.56 Å². The standard InChI is InChI=1S/C19H14N4O2S/c24-23(25)15-8-6-14(7-9-15)17-10-16-18(21-12-22-19(16)26-17)20-11-13-4-2-1-3-5-13/h1-10,12H,11H2,(H,20,21,22). The minimum absolute atomic E-state index is 0.0832. The van der Waals surface area contributed by atoms with Crippen LogP contribution in [0, 0.1) is 10.1 Å². The highest BCUT2D eigenvalue weighted by atomic mass is 32.1. The highest BCUT2D eigenvalue weighted by Gasteiger charge is 2.11. The Morgan fingerprint density at radius 2 is 1.81 bits per heavy atom. The Labute approximate surface area is 153 Å². The number of rotatable bonds is 5. The summed E-state index contributed by atoms with van der Waals surface area (Å²) in [4.78, 5) is 21.0. The van der Waals surface area contributed by atoms with E-state index >= 15 is 0 Å². The maximum atomic E-state index is 10.8. The molecule has 7 heteroatoms. The summed E-state index contributed by atoms with van der Waals surface area (Å²) >= 11 is 1.54. The lowest BCUT2D eigenvalue weighted by Crippen LogP contribution is -2.01. The second-order valence-corrected chi connectivity index (χ2v) is 6.73. The molecule has 6 nitrogen and oxygen atoms in total. The average molecular weight is 362 g/mol. The fourth-order valence-electron chi connectivity index (χ4n) is 2.67. The van der Waals surface area contributed by atoms with Crippen LogP contribution in [-0.4, -0.2) is 14.9 Å². The van der Waals surface area contributed by atoms with Crippen LogP contribution in [0.25, 0.3) is 20.7 Å². The number of hydrogen-bond acceptors (Lipinski definition) is 6. The molecule has 1 N–H and O–H groups in total. The third-order valence-corrected chi connectivity index (χ3v) is 5.09. The molecule has 0 radical (unpaired) electrons. The highest BCUT2D eigenvalue weighted by Crippen LogP contribution is 2.35. The normalized spacial score (nSPS) is 10.8. The van der Waals surface area contributed by atoms with Crippen LogP contribution in [0.15, 0.2) is 67.0 Å². The van der Waals surface area contributed by atoms with Gasteiger partial charge in [-0.25, -0.2) is 9.97 Å². The molecular formula is C19H14N4O2S. The molecule has 4 rings (SSSR count). The molecule has 0 bridgehead atoms. The van der Waals surface area contributed by atoms with E-state index in [4.69, 9.17) is 0 Å². The van der Waals surface area contributed by atoms with Crippen LogP contribution in [0.3, 0.4) is 0 Å². The molecule has 0 aliphatic rings. The molecule has 2 heterocycles. The van der Waals surface area contributed by atoms with E-state index in [0.29, 0.717) is 6.54 Å². The Bertz CT molecular complexity index is 1060. The van der Waals surface area contributed by atoms with Gasteiger partial charge in [-0.2, -0.15) is 0 Å². The summed E-state index contributed by atoms with van der Waals surface area (Å²) in [6.07, 6.45) is 1.55. The lowest BCUT2D eigenvalue weighted by Gasteiger charge is -2.06. The molecule has 0 aliphatic heterocycles. The second-order valence-electron chi connectivity index (χ2n) is 5.69. The van der Waals surface area contributed by atoms with Crippen molar-refractivity contribution in [1.82, 2.24) is 9.97 Å². The number of aromatic nitrogens is 2. The monoisotopic (exact) mass is 362 g/mol. The lowest BCUT2D eigenvalue weighted by molar-refractivity contribution is -0.384. The van der Waals surface area contributed by atoms with Gasteiger partial charge in [-0.3, -0.25) is 10.1 Å². The van der Waals surface area contributed by atoms with Crippen LogP contribution in [0.4, 0.5) is 11.5 Å². The quantitative estimate of drug-likeness (QED) is 0.404. The van der Waals surface area contributed by atoms with Gasteiger partial charge in [0.05, 0.1) is 10.3 Å². The zero-order valence-electron chi connectivity index (χ0n) is 13.6. The Morgan fingerprint density at radius 3 is 2.54 bits per heavy atom. The topological polar surface area (TPSA) is 81.0 Å². The maximum Gasteiger partial charge on any atom is 0.269 e. The fourth-order valence-corrected chi connectivity index (χ4v) is 3.67. The Kier molecular flexibility index (Phi) is 4.28. The van der Waals surface area contributed by atoms with E-state index in [1.165, 1.54) is 29.0 Å². The first-order valence-corrected chi connectivity index (χ1v) is 8.79. The van der Waals surface area contributed by atoms with Gasteiger partial charge in [-0.1, -0.05) is 30.3 Å². The number of anilines is 1. The van der Waals surface area contributed by atoms with Crippen molar-refractivity contribution >= 4 is 33.1 Å². The summed E-state index contributed by atoms with van der Waals surface area (Å²) in [5.74, 6) is 0.781. The van der Waals surface area contributed by atoms with Crippen LogP contribution < -0.4 is 5.32 Å². The minimum Gasteiger partial charge on any atom is -0.365 e. The largest absolute Gasteiger partial charge is 0.365 e. The first kappa shape index (κ1) is 16.2. The number of nitrogens with one attached hydrogen (secondary N) is 1. The van der Waals surface area contributed by atoms with E-state index < -0.39 is 4.92 Å². The van der Waals surface area contributed by atoms with Gasteiger partial charge in [0.1, 0.15) is 17.0 Å². The first-order valence-electron chi connectivity index (χ1n) is 7.98. The van der Waals surface area contributed by atoms with Crippen molar-refractivity contribution in [3.8, 4) is 10.4 Å². The summed E-state index contributed by atoms with van der Waals surface area (Å²) < 4.78 is 0. The molecule has 0 atom stereocenters. The number of non-ortho nitro benzene ring substituents is 1. The molecular weight excluding hydrogens is 348 g/mol. The van der Waals surface area contributed by atoms with Gasteiger partial charge >= 0.3 is 0 Å². The summed E-state index contributed by atoms with van der Waals surface area (Å²) in [6.45, 7) is 0.676. The predicted octanol–water partition coefficient (Wildman–Crippen LogP) is 4.88. The van der Waals surface area contributed by atoms with Gasteiger partial charge in [0.15, 0.2) is 0 Å². The number of benzene rings is 2. The number of fused-ring (bicyclic) bond motifs is 1. The molecule has 0 aliphatic carbocycles. The third kappa shape index (κ3) is 3.25. The molecule has 128 valence electrons. The van der Waals surface area contributed by atoms with Gasteiger partial charge in [0, 0.05) is 23.6 Å². The fraction of sp³-hybridized carbons (Fsp3) is 0.0526. The smallest absolute Gasteiger partial charge is 0.269 e. The summed E-state index contributed by atoms with van der Waals surface area (Å²) in [7, 11) is 0. The van der Waals surface area contributed by atoms with Crippen molar-refractivity contribution in [3.63, 3.8) is 0 Å². The van der Waals surface area contributed by atoms with Crippen molar-refractivity contribution in [2.75, 3.05) is 5.32 Å². The molecule has 2 aromatic carbocycles. The van der Waals surface area contributed by atoms with Crippen LogP contribution in [0.5, 0.6) is 0 Å². The second kappa shape index (κ2) is 6.89. The van der Waals surface area contributed by atoms with Crippen molar-refractivity contribution in [2.45, 2.75) is 6.54 Å². The zero-order chi connectivity index (χ0) is 17.9. The van der Waals surface area contributed by atoms with Crippen molar-refractivity contribution < 1.29 is 4.92 Å². The summed E-state index contributed by atoms with van der Waals surface area (Å²) in [5, 5.41) is 15.1. The highest BCUT2D eigenvalue weighted by molar-refractivity contribution is 7.21. The average Bonchev–Trinajstić information content (AvgIpc) is 3.12. The number of nitro groups is 1. The molecule has 0 saturated heterocycles. The summed E-state index contributed by atoms with van der Waals surface area (Å²) in [6, 6.07) is 18.7. The van der Waals surface area contributed by atoms with Gasteiger partial charge < -0.3 is 5.32 Å². The zero-order valence-corrected chi connectivity index (χ0v) is 14.4. The Morgan fingerprint density at radius 1 is 1.04 bits per heavy atom. The van der Waals surface area contributed by atoms with Crippen LogP contribution in [-0.2, 0) is 6.54 Å². The van der Waals surface area contributed by atoms with Crippen LogP contribution in [0.2, 0.25) is 0 Å². The Hall–Kier alpha value is -3.32. The van der Waals surface area contributed by atoms with E-state index in [0.717, 1.165) is 26.5 Å². The molecule has 0 fully saturated rings. The maximum absolute atomic E-state index is 10.8. The lowest BCUT2D eigenvalue weighted by atomic mass is 10.1. The first-order chi connectivity index (χ1) is 12.7. The van der Waals surface area contributed by atoms with Crippen molar-refractivity contribution in [3.05, 3.63) is 82.7 Å². The molecule has 0 saturated carbocycles. The molecule has 0 spiro atoms. The van der Waals surface area contributed by atoms with Crippen molar-refractivity contribution in [1.29, 1.82) is 0 Å². The third-order valence-electron chi connectivity index (χ3n) is 3.99. The molecule has 0 unspecified atom stereocenters. The van der Waals surface area contributed by atoms with E-state index in [-0.39, 0.29) is 5.69 Å². The minimum atomic E-state index is -0.397. The van der Waals surface area contributed by atoms with Gasteiger partial charge in [-0.05, 0) is 29.3 Å². The van der Waals surface area contributed by atoms with Crippen LogP contribution >= 0.6 is 11.3 Å². The van der Waals surface area contributed by atoms with E-state index in [1.54, 1.807) is 18.5 Å². The predicted molar refractivity (Wildman–Crippen MR) is 103 cm³/mol. The van der Waals surface area contributed by atoms with E-state index in [1.807, 2.05) is 24.3 Å². The number of hydrogen-bond donors (Lipinski definition) is 1. The molecule has 0 amide bonds. The van der Waals surface area contributed by atoms with E-state index in [2.05, 4.69) is 27.4 Å². The number of nitro benzene ring substituents is 1. The van der Waals surface area contributed by atoms with Gasteiger partial charge in [-0.15, -0.1) is 11.3 Å². The van der Waals surface area contributed by atoms with E-state index in [9.17, 15) is 10.1 Å². The molecule has 4 aromatic rings. The van der Waals surface area contributed by atoms with Gasteiger partial charge in [0.25, 0.3) is 5.69 Å². The number of nitrogens with zero attached hydrogens (tertiary/aromatic N) is 3. The van der Waals surface area contributed by atoms with Crippen molar-refractivity contribution in [2.24, 2.45) is 0 Å². The number of thiophene rings is 1. The molecule has 2 aromatic heterocycles. The summed E-state index contributed by atoms with van der Waals surface area (Å²) in [5.41, 5.74) is 2.18. The Balaban J connectivity index is 1.63. The molecule has 26 heavy (non-hydrogen) atoms.